The third-order valence-electron chi connectivity index (χ3n) is 5.13. The molecule has 0 saturated carbocycles. The number of nitrogens with zero attached hydrogens (tertiary/aromatic N) is 1. The summed E-state index contributed by atoms with van der Waals surface area (Å²) in [6.45, 7) is 0.775. The number of aryl methyl sites for hydroxylation is 3. The summed E-state index contributed by atoms with van der Waals surface area (Å²) in [6.07, 6.45) is 5.65. The number of anilines is 1. The smallest absolute Gasteiger partial charge is 0.237 e. The topological polar surface area (TPSA) is 29.5 Å². The minimum Gasteiger partial charge on any atom is -0.495 e. The summed E-state index contributed by atoms with van der Waals surface area (Å²) in [4.78, 5) is 16.0. The van der Waals surface area contributed by atoms with E-state index in [9.17, 15) is 4.79 Å². The van der Waals surface area contributed by atoms with Crippen molar-refractivity contribution >= 4 is 23.4 Å². The number of para-hydroxylation sites is 1. The van der Waals surface area contributed by atoms with E-state index in [1.807, 2.05) is 17.0 Å². The molecule has 0 N–H and O–H groups in total. The highest BCUT2D eigenvalue weighted by Gasteiger charge is 2.25. The molecule has 2 aliphatic rings. The van der Waals surface area contributed by atoms with Crippen LogP contribution in [0.4, 0.5) is 5.69 Å². The van der Waals surface area contributed by atoms with Crippen molar-refractivity contribution in [3.05, 3.63) is 53.1 Å². The average Bonchev–Trinajstić information content (AvgIpc) is 3.12. The maximum atomic E-state index is 12.9. The highest BCUT2D eigenvalue weighted by atomic mass is 32.2. The van der Waals surface area contributed by atoms with Crippen LogP contribution in [0.1, 0.15) is 29.5 Å². The number of benzene rings is 2. The molecular formula is C21H23NO2S. The Kier molecular flexibility index (Phi) is 4.71. The first-order valence-electron chi connectivity index (χ1n) is 8.97. The molecule has 0 aromatic heterocycles. The fourth-order valence-corrected chi connectivity index (χ4v) is 4.73. The molecule has 25 heavy (non-hydrogen) atoms. The standard InChI is InChI=1S/C21H23NO2S/c1-24-19-9-3-6-16-8-4-12-22(21(16)19)20(23)14-25-18-11-10-15-5-2-7-17(15)13-18/h3,6,9-11,13H,2,4-5,7-8,12,14H2,1H3. The van der Waals surface area contributed by atoms with E-state index >= 15 is 0 Å². The van der Waals surface area contributed by atoms with Crippen molar-refractivity contribution in [3.8, 4) is 5.75 Å². The first-order chi connectivity index (χ1) is 12.3. The summed E-state index contributed by atoms with van der Waals surface area (Å²) in [5, 5.41) is 0. The normalized spacial score (nSPS) is 15.6. The number of fused-ring (bicyclic) bond motifs is 2. The molecule has 0 spiro atoms. The van der Waals surface area contributed by atoms with E-state index in [2.05, 4.69) is 24.3 Å². The van der Waals surface area contributed by atoms with Crippen molar-refractivity contribution in [1.82, 2.24) is 0 Å². The van der Waals surface area contributed by atoms with Crippen LogP contribution in [0.2, 0.25) is 0 Å². The summed E-state index contributed by atoms with van der Waals surface area (Å²) in [5.41, 5.74) is 5.12. The summed E-state index contributed by atoms with van der Waals surface area (Å²) in [5.74, 6) is 1.43. The van der Waals surface area contributed by atoms with Gasteiger partial charge in [-0.05, 0) is 67.0 Å². The molecule has 0 unspecified atom stereocenters. The van der Waals surface area contributed by atoms with E-state index < -0.39 is 0 Å². The minimum atomic E-state index is 0.163. The van der Waals surface area contributed by atoms with Crippen molar-refractivity contribution in [2.24, 2.45) is 0 Å². The van der Waals surface area contributed by atoms with E-state index in [1.54, 1.807) is 18.9 Å². The molecule has 2 aromatic carbocycles. The predicted octanol–water partition coefficient (Wildman–Crippen LogP) is 4.26. The van der Waals surface area contributed by atoms with Gasteiger partial charge in [0.25, 0.3) is 0 Å². The molecule has 0 fully saturated rings. The Bertz CT molecular complexity index is 788. The summed E-state index contributed by atoms with van der Waals surface area (Å²) >= 11 is 1.64. The van der Waals surface area contributed by atoms with E-state index in [0.29, 0.717) is 5.75 Å². The maximum absolute atomic E-state index is 12.9. The van der Waals surface area contributed by atoms with Gasteiger partial charge >= 0.3 is 0 Å². The molecule has 1 heterocycles. The van der Waals surface area contributed by atoms with Crippen LogP contribution >= 0.6 is 11.8 Å². The molecule has 0 atom stereocenters. The van der Waals surface area contributed by atoms with Crippen LogP contribution in [0, 0.1) is 0 Å². The van der Waals surface area contributed by atoms with Crippen LogP contribution in [0.25, 0.3) is 0 Å². The number of carbonyl (C=O) groups is 1. The monoisotopic (exact) mass is 353 g/mol. The lowest BCUT2D eigenvalue weighted by Gasteiger charge is -2.30. The second kappa shape index (κ2) is 7.12. The van der Waals surface area contributed by atoms with Crippen LogP contribution < -0.4 is 9.64 Å². The lowest BCUT2D eigenvalue weighted by atomic mass is 10.0. The van der Waals surface area contributed by atoms with Gasteiger partial charge < -0.3 is 9.64 Å². The minimum absolute atomic E-state index is 0.163. The van der Waals surface area contributed by atoms with Gasteiger partial charge in [0.15, 0.2) is 0 Å². The highest BCUT2D eigenvalue weighted by molar-refractivity contribution is 8.00. The fourth-order valence-electron chi connectivity index (χ4n) is 3.89. The van der Waals surface area contributed by atoms with Gasteiger partial charge in [0.2, 0.25) is 5.91 Å². The Morgan fingerprint density at radius 3 is 2.80 bits per heavy atom. The molecule has 2 aromatic rings. The Hall–Kier alpha value is -1.94. The van der Waals surface area contributed by atoms with Gasteiger partial charge in [-0.15, -0.1) is 11.8 Å². The molecule has 1 amide bonds. The second-order valence-electron chi connectivity index (χ2n) is 6.69. The van der Waals surface area contributed by atoms with Crippen LogP contribution in [0.15, 0.2) is 41.3 Å². The van der Waals surface area contributed by atoms with E-state index in [1.165, 1.54) is 40.8 Å². The van der Waals surface area contributed by atoms with Crippen molar-refractivity contribution in [1.29, 1.82) is 0 Å². The molecule has 0 saturated heterocycles. The molecule has 130 valence electrons. The van der Waals surface area contributed by atoms with Crippen LogP contribution in [-0.4, -0.2) is 25.3 Å². The van der Waals surface area contributed by atoms with E-state index in [4.69, 9.17) is 4.74 Å². The fraction of sp³-hybridized carbons (Fsp3) is 0.381. The largest absolute Gasteiger partial charge is 0.495 e. The van der Waals surface area contributed by atoms with Gasteiger partial charge in [0, 0.05) is 11.4 Å². The van der Waals surface area contributed by atoms with Crippen molar-refractivity contribution < 1.29 is 9.53 Å². The lowest BCUT2D eigenvalue weighted by Crippen LogP contribution is -2.37. The zero-order valence-corrected chi connectivity index (χ0v) is 15.4. The van der Waals surface area contributed by atoms with Gasteiger partial charge in [0.05, 0.1) is 18.6 Å². The molecule has 3 nitrogen and oxygen atoms in total. The molecule has 0 bridgehead atoms. The number of hydrogen-bond donors (Lipinski definition) is 0. The van der Waals surface area contributed by atoms with Crippen molar-refractivity contribution in [2.45, 2.75) is 37.0 Å². The average molecular weight is 353 g/mol. The number of hydrogen-bond acceptors (Lipinski definition) is 3. The Balaban J connectivity index is 1.49. The zero-order chi connectivity index (χ0) is 17.2. The third kappa shape index (κ3) is 3.28. The quantitative estimate of drug-likeness (QED) is 0.770. The summed E-state index contributed by atoms with van der Waals surface area (Å²) < 4.78 is 5.51. The number of thioether (sulfide) groups is 1. The molecular weight excluding hydrogens is 330 g/mol. The lowest BCUT2D eigenvalue weighted by molar-refractivity contribution is -0.116. The molecule has 4 heteroatoms. The maximum Gasteiger partial charge on any atom is 0.237 e. The predicted molar refractivity (Wildman–Crippen MR) is 103 cm³/mol. The van der Waals surface area contributed by atoms with Crippen molar-refractivity contribution in [2.75, 3.05) is 24.3 Å². The molecule has 0 radical (unpaired) electrons. The Morgan fingerprint density at radius 2 is 1.92 bits per heavy atom. The Morgan fingerprint density at radius 1 is 1.08 bits per heavy atom. The van der Waals surface area contributed by atoms with E-state index in [-0.39, 0.29) is 5.91 Å². The number of rotatable bonds is 4. The number of ether oxygens (including phenoxy) is 1. The van der Waals surface area contributed by atoms with Crippen LogP contribution in [0.3, 0.4) is 0 Å². The summed E-state index contributed by atoms with van der Waals surface area (Å²) in [6, 6.07) is 12.7. The Labute approximate surface area is 153 Å². The van der Waals surface area contributed by atoms with Gasteiger partial charge in [0.1, 0.15) is 5.75 Å². The first kappa shape index (κ1) is 16.5. The van der Waals surface area contributed by atoms with Gasteiger partial charge in [-0.25, -0.2) is 0 Å². The van der Waals surface area contributed by atoms with Gasteiger partial charge in [-0.2, -0.15) is 0 Å². The molecule has 1 aliphatic heterocycles. The molecule has 4 rings (SSSR count). The SMILES string of the molecule is COc1cccc2c1N(C(=O)CSc1ccc3c(c1)CCC3)CCC2. The van der Waals surface area contributed by atoms with Crippen LogP contribution in [0.5, 0.6) is 5.75 Å². The van der Waals surface area contributed by atoms with Gasteiger partial charge in [-0.3, -0.25) is 4.79 Å². The van der Waals surface area contributed by atoms with Crippen molar-refractivity contribution in [3.63, 3.8) is 0 Å². The third-order valence-corrected chi connectivity index (χ3v) is 6.11. The zero-order valence-electron chi connectivity index (χ0n) is 14.6. The number of methoxy groups -OCH3 is 1. The second-order valence-corrected chi connectivity index (χ2v) is 7.74. The summed E-state index contributed by atoms with van der Waals surface area (Å²) in [7, 11) is 1.67. The number of carbonyl (C=O) groups excluding carboxylic acids is 1. The number of amides is 1. The highest BCUT2D eigenvalue weighted by Crippen LogP contribution is 2.37. The van der Waals surface area contributed by atoms with Gasteiger partial charge in [-0.1, -0.05) is 18.2 Å². The van der Waals surface area contributed by atoms with E-state index in [0.717, 1.165) is 30.8 Å². The molecule has 1 aliphatic carbocycles. The van der Waals surface area contributed by atoms with Crippen LogP contribution in [-0.2, 0) is 24.1 Å². The first-order valence-corrected chi connectivity index (χ1v) is 9.95.